The molecular formula is C25H30F3N5O3. The van der Waals surface area contributed by atoms with Gasteiger partial charge in [0.15, 0.2) is 5.58 Å². The summed E-state index contributed by atoms with van der Waals surface area (Å²) in [4.78, 5) is 37.2. The third kappa shape index (κ3) is 5.16. The van der Waals surface area contributed by atoms with Crippen molar-refractivity contribution in [2.24, 2.45) is 5.41 Å². The van der Waals surface area contributed by atoms with Crippen molar-refractivity contribution in [2.45, 2.75) is 57.7 Å². The second kappa shape index (κ2) is 9.68. The topological polar surface area (TPSA) is 104 Å². The number of alkyl halides is 3. The van der Waals surface area contributed by atoms with E-state index in [-0.39, 0.29) is 31.8 Å². The number of likely N-dealkylation sites (N-methyl/N-ethyl adjacent to an activating group) is 1. The van der Waals surface area contributed by atoms with Gasteiger partial charge in [-0.25, -0.2) is 14.8 Å². The molecule has 0 bridgehead atoms. The molecule has 3 aromatic rings. The number of nitrogens with zero attached hydrogens (tertiary/aromatic N) is 3. The number of rotatable bonds is 9. The Labute approximate surface area is 206 Å². The number of aromatic amines is 1. The van der Waals surface area contributed by atoms with Gasteiger partial charge >= 0.3 is 11.9 Å². The molecule has 0 radical (unpaired) electrons. The van der Waals surface area contributed by atoms with E-state index < -0.39 is 29.2 Å². The Kier molecular flexibility index (Phi) is 6.96. The number of benzene rings is 1. The highest BCUT2D eigenvalue weighted by molar-refractivity contribution is 5.78. The maximum Gasteiger partial charge on any atom is 0.417 e. The zero-order chi connectivity index (χ0) is 26.3. The van der Waals surface area contributed by atoms with Gasteiger partial charge in [-0.05, 0) is 70.0 Å². The first kappa shape index (κ1) is 25.9. The quantitative estimate of drug-likeness (QED) is 0.460. The van der Waals surface area contributed by atoms with Crippen LogP contribution in [0, 0.1) is 19.3 Å². The molecule has 2 aromatic heterocycles. The van der Waals surface area contributed by atoms with Gasteiger partial charge in [-0.3, -0.25) is 9.78 Å². The fourth-order valence-electron chi connectivity index (χ4n) is 4.77. The lowest BCUT2D eigenvalue weighted by Crippen LogP contribution is -2.43. The largest absolute Gasteiger partial charge is 0.417 e. The molecule has 2 heterocycles. The van der Waals surface area contributed by atoms with Crippen LogP contribution >= 0.6 is 0 Å². The minimum absolute atomic E-state index is 0.0142. The van der Waals surface area contributed by atoms with Crippen molar-refractivity contribution in [3.63, 3.8) is 0 Å². The fourth-order valence-corrected chi connectivity index (χ4v) is 4.77. The number of nitrogens with one attached hydrogen (secondary N) is 2. The van der Waals surface area contributed by atoms with Gasteiger partial charge < -0.3 is 14.6 Å². The lowest BCUT2D eigenvalue weighted by Gasteiger charge is -2.30. The average Bonchev–Trinajstić information content (AvgIpc) is 3.53. The van der Waals surface area contributed by atoms with Crippen LogP contribution in [0.5, 0.6) is 0 Å². The molecule has 0 saturated heterocycles. The number of hydrogen-bond acceptors (Lipinski definition) is 6. The van der Waals surface area contributed by atoms with Gasteiger partial charge in [-0.15, -0.1) is 0 Å². The standard InChI is InChI=1S/C25H30F3N5O3/c1-14-16(5-6-20-22(14)36-23(35)32-20)9-18(33(3)4)13-31-21(34)10-19(17-11-29-15(2)30-12-17)24(7-8-24)25(26,27)28/h5-6,11-12,18-19H,7-10,13H2,1-4H3,(H,31,34)(H,32,35). The summed E-state index contributed by atoms with van der Waals surface area (Å²) in [5.74, 6) is -1.56. The van der Waals surface area contributed by atoms with Crippen LogP contribution in [-0.2, 0) is 11.2 Å². The molecule has 1 aliphatic rings. The second-order valence-corrected chi connectivity index (χ2v) is 9.84. The minimum atomic E-state index is -4.42. The van der Waals surface area contributed by atoms with Gasteiger partial charge in [-0.2, -0.15) is 13.2 Å². The van der Waals surface area contributed by atoms with Gasteiger partial charge in [0.2, 0.25) is 5.91 Å². The number of H-pyrrole nitrogens is 1. The van der Waals surface area contributed by atoms with Crippen LogP contribution in [0.2, 0.25) is 0 Å². The number of fused-ring (bicyclic) bond motifs is 1. The van der Waals surface area contributed by atoms with Crippen molar-refractivity contribution < 1.29 is 22.4 Å². The Bertz CT molecular complexity index is 1290. The first-order valence-electron chi connectivity index (χ1n) is 11.8. The van der Waals surface area contributed by atoms with E-state index in [9.17, 15) is 22.8 Å². The summed E-state index contributed by atoms with van der Waals surface area (Å²) < 4.78 is 47.1. The van der Waals surface area contributed by atoms with Crippen molar-refractivity contribution in [1.29, 1.82) is 0 Å². The highest BCUT2D eigenvalue weighted by Crippen LogP contribution is 2.66. The Hall–Kier alpha value is -3.21. The number of aromatic nitrogens is 3. The number of hydrogen-bond donors (Lipinski definition) is 2. The molecule has 1 aromatic carbocycles. The third-order valence-corrected chi connectivity index (χ3v) is 7.28. The van der Waals surface area contributed by atoms with Crippen molar-refractivity contribution in [2.75, 3.05) is 20.6 Å². The predicted octanol–water partition coefficient (Wildman–Crippen LogP) is 3.63. The zero-order valence-corrected chi connectivity index (χ0v) is 20.7. The van der Waals surface area contributed by atoms with E-state index >= 15 is 0 Å². The molecule has 4 rings (SSSR count). The lowest BCUT2D eigenvalue weighted by molar-refractivity contribution is -0.194. The Morgan fingerprint density at radius 1 is 1.22 bits per heavy atom. The number of carbonyl (C=O) groups excluding carboxylic acids is 1. The fraction of sp³-hybridized carbons (Fsp3) is 0.520. The van der Waals surface area contributed by atoms with Crippen molar-refractivity contribution >= 4 is 17.0 Å². The number of carbonyl (C=O) groups is 1. The van der Waals surface area contributed by atoms with E-state index in [1.165, 1.54) is 12.4 Å². The summed E-state index contributed by atoms with van der Waals surface area (Å²) in [5, 5.41) is 2.84. The van der Waals surface area contributed by atoms with E-state index in [0.717, 1.165) is 11.1 Å². The summed E-state index contributed by atoms with van der Waals surface area (Å²) in [6, 6.07) is 3.54. The summed E-state index contributed by atoms with van der Waals surface area (Å²) in [7, 11) is 3.74. The van der Waals surface area contributed by atoms with E-state index in [1.807, 2.05) is 32.0 Å². The van der Waals surface area contributed by atoms with Crippen LogP contribution in [-0.4, -0.2) is 58.6 Å². The molecule has 1 saturated carbocycles. The molecule has 2 unspecified atom stereocenters. The van der Waals surface area contributed by atoms with Gasteiger partial charge in [0, 0.05) is 37.3 Å². The highest BCUT2D eigenvalue weighted by atomic mass is 19.4. The average molecular weight is 506 g/mol. The Morgan fingerprint density at radius 2 is 1.89 bits per heavy atom. The molecule has 2 atom stereocenters. The van der Waals surface area contributed by atoms with E-state index in [2.05, 4.69) is 20.3 Å². The van der Waals surface area contributed by atoms with Crippen LogP contribution < -0.4 is 11.1 Å². The predicted molar refractivity (Wildman–Crippen MR) is 128 cm³/mol. The molecule has 1 fully saturated rings. The van der Waals surface area contributed by atoms with Crippen LogP contribution in [0.3, 0.4) is 0 Å². The second-order valence-electron chi connectivity index (χ2n) is 9.84. The summed E-state index contributed by atoms with van der Waals surface area (Å²) >= 11 is 0. The zero-order valence-electron chi connectivity index (χ0n) is 20.7. The number of amides is 1. The molecule has 0 spiro atoms. The molecule has 0 aliphatic heterocycles. The van der Waals surface area contributed by atoms with Gasteiger partial charge in [0.25, 0.3) is 0 Å². The van der Waals surface area contributed by atoms with Gasteiger partial charge in [0.1, 0.15) is 5.82 Å². The maximum atomic E-state index is 14.0. The Balaban J connectivity index is 1.47. The molecule has 36 heavy (non-hydrogen) atoms. The van der Waals surface area contributed by atoms with E-state index in [0.29, 0.717) is 28.9 Å². The molecule has 1 amide bonds. The van der Waals surface area contributed by atoms with E-state index in [1.54, 1.807) is 13.0 Å². The van der Waals surface area contributed by atoms with Crippen LogP contribution in [0.1, 0.15) is 47.7 Å². The van der Waals surface area contributed by atoms with Crippen LogP contribution in [0.4, 0.5) is 13.2 Å². The normalized spacial score (nSPS) is 16.8. The van der Waals surface area contributed by atoms with Gasteiger partial charge in [0.05, 0.1) is 10.9 Å². The number of halogens is 3. The Morgan fingerprint density at radius 3 is 2.47 bits per heavy atom. The highest BCUT2D eigenvalue weighted by Gasteiger charge is 2.67. The molecule has 1 aliphatic carbocycles. The number of aryl methyl sites for hydroxylation is 2. The first-order chi connectivity index (χ1) is 16.9. The maximum absolute atomic E-state index is 14.0. The SMILES string of the molecule is Cc1ncc(C(CC(=O)NCC(Cc2ccc3[nH]c(=O)oc3c2C)N(C)C)C2(C(F)(F)F)CC2)cn1. The van der Waals surface area contributed by atoms with Crippen molar-refractivity contribution in [3.05, 3.63) is 57.6 Å². The summed E-state index contributed by atoms with van der Waals surface area (Å²) in [6.07, 6.45) is -1.41. The molecule has 8 nitrogen and oxygen atoms in total. The molecule has 2 N–H and O–H groups in total. The molecule has 194 valence electrons. The first-order valence-corrected chi connectivity index (χ1v) is 11.8. The van der Waals surface area contributed by atoms with Gasteiger partial charge in [-0.1, -0.05) is 6.07 Å². The smallest absolute Gasteiger partial charge is 0.408 e. The van der Waals surface area contributed by atoms with Crippen LogP contribution in [0.15, 0.2) is 33.7 Å². The summed E-state index contributed by atoms with van der Waals surface area (Å²) in [6.45, 7) is 3.77. The van der Waals surface area contributed by atoms with E-state index in [4.69, 9.17) is 4.42 Å². The third-order valence-electron chi connectivity index (χ3n) is 7.28. The van der Waals surface area contributed by atoms with Crippen molar-refractivity contribution in [1.82, 2.24) is 25.2 Å². The monoisotopic (exact) mass is 505 g/mol. The van der Waals surface area contributed by atoms with Crippen molar-refractivity contribution in [3.8, 4) is 0 Å². The lowest BCUT2D eigenvalue weighted by atomic mass is 9.81. The van der Waals surface area contributed by atoms with Crippen LogP contribution in [0.25, 0.3) is 11.1 Å². The molecular weight excluding hydrogens is 475 g/mol. The number of oxazole rings is 1. The molecule has 11 heteroatoms. The minimum Gasteiger partial charge on any atom is -0.408 e. The summed E-state index contributed by atoms with van der Waals surface area (Å²) in [5.41, 5.74) is 1.28.